The van der Waals surface area contributed by atoms with Crippen LogP contribution in [-0.2, 0) is 31.7 Å². The van der Waals surface area contributed by atoms with Crippen LogP contribution in [0.3, 0.4) is 0 Å². The number of thioether (sulfide) groups is 1. The van der Waals surface area contributed by atoms with E-state index in [1.165, 1.54) is 34.1 Å². The zero-order valence-corrected chi connectivity index (χ0v) is 17.7. The number of amides is 2. The molecular weight excluding hydrogens is 456 g/mol. The van der Waals surface area contributed by atoms with Gasteiger partial charge in [-0.1, -0.05) is 23.1 Å². The molecule has 16 heteroatoms. The van der Waals surface area contributed by atoms with Crippen LogP contribution >= 0.6 is 23.1 Å². The second kappa shape index (κ2) is 8.19. The number of carboxylic acids is 1. The zero-order chi connectivity index (χ0) is 21.4. The lowest BCUT2D eigenvalue weighted by molar-refractivity contribution is -0.151. The van der Waals surface area contributed by atoms with E-state index in [2.05, 4.69) is 31.0 Å². The Kier molecular flexibility index (Phi) is 5.61. The number of carbonyl (C=O) groups is 3. The van der Waals surface area contributed by atoms with Crippen molar-refractivity contribution >= 4 is 51.7 Å². The number of carboxylic acid groups (broad SMARTS) is 1. The molecule has 2 amide bonds. The fraction of sp³-hybridized carbons (Fsp3) is 0.429. The van der Waals surface area contributed by atoms with Gasteiger partial charge in [-0.05, 0) is 22.9 Å². The first kappa shape index (κ1) is 20.5. The number of nitrogens with zero attached hydrogens (tertiary/aromatic N) is 7. The molecule has 2 aliphatic rings. The van der Waals surface area contributed by atoms with E-state index in [4.69, 9.17) is 0 Å². The fourth-order valence-corrected chi connectivity index (χ4v) is 6.71. The maximum atomic E-state index is 12.8. The summed E-state index contributed by atoms with van der Waals surface area (Å²) in [6.07, 6.45) is 1.24. The molecular formula is C14H14N8O5S3. The molecule has 158 valence electrons. The van der Waals surface area contributed by atoms with Crippen LogP contribution in [0, 0.1) is 6.92 Å². The minimum Gasteiger partial charge on any atom is -0.477 e. The van der Waals surface area contributed by atoms with E-state index < -0.39 is 40.0 Å². The first-order chi connectivity index (χ1) is 14.3. The van der Waals surface area contributed by atoms with Crippen LogP contribution in [0.1, 0.15) is 5.01 Å². The van der Waals surface area contributed by atoms with Crippen molar-refractivity contribution in [3.05, 3.63) is 22.6 Å². The number of β-lactam (4-membered cyclic amide) rings is 1. The van der Waals surface area contributed by atoms with Gasteiger partial charge in [0, 0.05) is 5.75 Å². The van der Waals surface area contributed by atoms with Gasteiger partial charge in [-0.2, -0.15) is 0 Å². The molecule has 2 N–H and O–H groups in total. The van der Waals surface area contributed by atoms with Gasteiger partial charge in [0.05, 0.1) is 16.6 Å². The molecule has 0 aromatic carbocycles. The summed E-state index contributed by atoms with van der Waals surface area (Å²) in [5.41, 5.74) is 0.186. The Morgan fingerprint density at radius 2 is 2.23 bits per heavy atom. The Balaban J connectivity index is 1.49. The molecule has 3 atom stereocenters. The molecule has 4 heterocycles. The van der Waals surface area contributed by atoms with E-state index in [0.29, 0.717) is 9.91 Å². The van der Waals surface area contributed by atoms with E-state index in [1.54, 1.807) is 6.92 Å². The normalized spacial score (nSPS) is 23.2. The van der Waals surface area contributed by atoms with Crippen molar-refractivity contribution in [2.24, 2.45) is 0 Å². The number of aromatic nitrogens is 6. The summed E-state index contributed by atoms with van der Waals surface area (Å²) in [5, 5.41) is 30.3. The highest BCUT2D eigenvalue weighted by molar-refractivity contribution is 8.01. The standard InChI is InChI=1S/C14H14N8O5S3/c1-6-17-18-14(29-6)28-3-7-4-30(27)12-9(11(24)22(12)10(7)13(25)26)16-8(23)2-21-5-15-19-20-21/h5,9,12H,2-4H2,1H3,(H,16,23)(H,25,26)/t9-,12-,30-/m0/s1. The number of hydrogen-bond acceptors (Lipinski definition) is 11. The molecule has 0 unspecified atom stereocenters. The number of tetrazole rings is 1. The lowest BCUT2D eigenvalue weighted by atomic mass is 10.0. The number of carbonyl (C=O) groups excluding carboxylic acids is 2. The molecule has 2 aromatic rings. The molecule has 0 spiro atoms. The summed E-state index contributed by atoms with van der Waals surface area (Å²) >= 11 is 2.64. The Hall–Kier alpha value is -2.72. The number of fused-ring (bicyclic) bond motifs is 1. The monoisotopic (exact) mass is 470 g/mol. The Morgan fingerprint density at radius 1 is 1.43 bits per heavy atom. The molecule has 2 aliphatic heterocycles. The van der Waals surface area contributed by atoms with E-state index in [-0.39, 0.29) is 23.7 Å². The smallest absolute Gasteiger partial charge is 0.352 e. The molecule has 30 heavy (non-hydrogen) atoms. The van der Waals surface area contributed by atoms with E-state index in [9.17, 15) is 23.7 Å². The average Bonchev–Trinajstić information content (AvgIpc) is 3.35. The quantitative estimate of drug-likeness (QED) is 0.352. The Morgan fingerprint density at radius 3 is 2.87 bits per heavy atom. The van der Waals surface area contributed by atoms with E-state index in [0.717, 1.165) is 9.91 Å². The fourth-order valence-electron chi connectivity index (χ4n) is 3.07. The van der Waals surface area contributed by atoms with Crippen LogP contribution in [-0.4, -0.2) is 85.3 Å². The van der Waals surface area contributed by atoms with Crippen molar-refractivity contribution in [3.63, 3.8) is 0 Å². The van der Waals surface area contributed by atoms with Crippen molar-refractivity contribution < 1.29 is 23.7 Å². The summed E-state index contributed by atoms with van der Waals surface area (Å²) in [7, 11) is -1.58. The highest BCUT2D eigenvalue weighted by Gasteiger charge is 2.57. The van der Waals surface area contributed by atoms with Gasteiger partial charge >= 0.3 is 5.97 Å². The van der Waals surface area contributed by atoms with Gasteiger partial charge in [0.2, 0.25) is 5.91 Å². The van der Waals surface area contributed by atoms with E-state index >= 15 is 0 Å². The lowest BCUT2D eigenvalue weighted by Gasteiger charge is -2.49. The van der Waals surface area contributed by atoms with Crippen molar-refractivity contribution in [1.82, 2.24) is 40.6 Å². The Bertz CT molecular complexity index is 1070. The highest BCUT2D eigenvalue weighted by Crippen LogP contribution is 2.37. The molecule has 0 radical (unpaired) electrons. The van der Waals surface area contributed by atoms with Gasteiger partial charge in [-0.25, -0.2) is 9.48 Å². The topological polar surface area (TPSA) is 173 Å². The van der Waals surface area contributed by atoms with Crippen LogP contribution in [0.5, 0.6) is 0 Å². The second-order valence-corrected chi connectivity index (χ2v) is 10.2. The molecule has 0 bridgehead atoms. The molecule has 4 rings (SSSR count). The third-order valence-electron chi connectivity index (χ3n) is 4.30. The summed E-state index contributed by atoms with van der Waals surface area (Å²) in [4.78, 5) is 37.6. The van der Waals surface area contributed by atoms with E-state index in [1.807, 2.05) is 0 Å². The summed E-state index contributed by atoms with van der Waals surface area (Å²) < 4.78 is 14.6. The lowest BCUT2D eigenvalue weighted by Crippen LogP contribution is -2.73. The summed E-state index contributed by atoms with van der Waals surface area (Å²) in [5.74, 6) is -2.25. The first-order valence-electron chi connectivity index (χ1n) is 8.43. The Labute approximate surface area is 179 Å². The van der Waals surface area contributed by atoms with Gasteiger partial charge in [-0.3, -0.25) is 18.7 Å². The molecule has 13 nitrogen and oxygen atoms in total. The second-order valence-electron chi connectivity index (χ2n) is 6.31. The third kappa shape index (κ3) is 3.84. The van der Waals surface area contributed by atoms with Crippen LogP contribution in [0.4, 0.5) is 0 Å². The number of rotatable bonds is 7. The van der Waals surface area contributed by atoms with Gasteiger partial charge in [-0.15, -0.1) is 15.3 Å². The minimum atomic E-state index is -1.58. The SMILES string of the molecule is Cc1nnc(SCC2=C(C(=O)O)N3C(=O)[C@H](NC(=O)Cn4cnnn4)[C@@H]3[S@@](=O)C2)s1. The van der Waals surface area contributed by atoms with Crippen molar-refractivity contribution in [2.45, 2.75) is 29.2 Å². The third-order valence-corrected chi connectivity index (χ3v) is 8.01. The summed E-state index contributed by atoms with van der Waals surface area (Å²) in [6, 6.07) is -1.07. The molecule has 2 aromatic heterocycles. The van der Waals surface area contributed by atoms with Gasteiger partial charge in [0.25, 0.3) is 5.91 Å². The minimum absolute atomic E-state index is 0.0137. The van der Waals surface area contributed by atoms with Crippen LogP contribution in [0.25, 0.3) is 0 Å². The number of hydrogen-bond donors (Lipinski definition) is 2. The van der Waals surface area contributed by atoms with Gasteiger partial charge in [0.1, 0.15) is 35.0 Å². The largest absolute Gasteiger partial charge is 0.477 e. The molecule has 0 aliphatic carbocycles. The van der Waals surface area contributed by atoms with Crippen LogP contribution < -0.4 is 5.32 Å². The maximum Gasteiger partial charge on any atom is 0.352 e. The highest BCUT2D eigenvalue weighted by atomic mass is 32.2. The van der Waals surface area contributed by atoms with Crippen molar-refractivity contribution in [2.75, 3.05) is 11.5 Å². The average molecular weight is 471 g/mol. The number of aryl methyl sites for hydroxylation is 1. The predicted octanol–water partition coefficient (Wildman–Crippen LogP) is -1.62. The van der Waals surface area contributed by atoms with Gasteiger partial charge < -0.3 is 10.4 Å². The number of aliphatic carboxylic acids is 1. The van der Waals surface area contributed by atoms with Crippen molar-refractivity contribution in [1.29, 1.82) is 0 Å². The first-order valence-corrected chi connectivity index (χ1v) is 11.6. The van der Waals surface area contributed by atoms with Gasteiger partial charge in [0.15, 0.2) is 4.34 Å². The predicted molar refractivity (Wildman–Crippen MR) is 103 cm³/mol. The molecule has 1 fully saturated rings. The maximum absolute atomic E-state index is 12.8. The van der Waals surface area contributed by atoms with Crippen LogP contribution in [0.2, 0.25) is 0 Å². The van der Waals surface area contributed by atoms with Crippen LogP contribution in [0.15, 0.2) is 21.9 Å². The number of nitrogens with one attached hydrogen (secondary N) is 1. The van der Waals surface area contributed by atoms with Crippen molar-refractivity contribution in [3.8, 4) is 0 Å². The summed E-state index contributed by atoms with van der Waals surface area (Å²) in [6.45, 7) is 1.58. The molecule has 0 saturated carbocycles. The zero-order valence-electron chi connectivity index (χ0n) is 15.3. The molecule has 1 saturated heterocycles.